The highest BCUT2D eigenvalue weighted by Gasteiger charge is 2.21. The number of nitrogens with one attached hydrogen (secondary N) is 2. The normalized spacial score (nSPS) is 15.2. The maximum Gasteiger partial charge on any atom is 0.240 e. The molecule has 0 aromatic heterocycles. The molecule has 1 aliphatic rings. The zero-order valence-electron chi connectivity index (χ0n) is 16.6. The predicted molar refractivity (Wildman–Crippen MR) is 112 cm³/mol. The van der Waals surface area contributed by atoms with Gasteiger partial charge in [-0.15, -0.1) is 0 Å². The molecule has 0 atom stereocenters. The summed E-state index contributed by atoms with van der Waals surface area (Å²) >= 11 is 0. The number of sulfonamides is 1. The molecule has 156 valence electrons. The van der Waals surface area contributed by atoms with Gasteiger partial charge in [-0.05, 0) is 61.6 Å². The molecule has 0 bridgehead atoms. The standard InChI is InChI=1S/C22H27FN2O3S/c1-16-7-11-18(23)15-21(16)24-22(26)14-10-17-8-12-20(13-9-17)29(27,28)25-19-5-3-2-4-6-19/h7-9,11-13,15,19,25H,2-6,10,14H2,1H3,(H,24,26). The Labute approximate surface area is 171 Å². The fourth-order valence-corrected chi connectivity index (χ4v) is 4.85. The zero-order chi connectivity index (χ0) is 20.9. The van der Waals surface area contributed by atoms with Crippen LogP contribution in [0.1, 0.15) is 49.7 Å². The summed E-state index contributed by atoms with van der Waals surface area (Å²) in [5.74, 6) is -0.612. The molecule has 5 nitrogen and oxygen atoms in total. The lowest BCUT2D eigenvalue weighted by atomic mass is 9.96. The fourth-order valence-electron chi connectivity index (χ4n) is 3.54. The van der Waals surface area contributed by atoms with Gasteiger partial charge in [-0.25, -0.2) is 17.5 Å². The van der Waals surface area contributed by atoms with Crippen LogP contribution in [0.25, 0.3) is 0 Å². The molecule has 2 aromatic rings. The zero-order valence-corrected chi connectivity index (χ0v) is 17.4. The van der Waals surface area contributed by atoms with Crippen molar-refractivity contribution in [3.63, 3.8) is 0 Å². The first-order valence-electron chi connectivity index (χ1n) is 10.0. The Morgan fingerprint density at radius 2 is 1.76 bits per heavy atom. The van der Waals surface area contributed by atoms with Crippen LogP contribution in [-0.2, 0) is 21.2 Å². The van der Waals surface area contributed by atoms with Gasteiger partial charge in [0.05, 0.1) is 4.90 Å². The summed E-state index contributed by atoms with van der Waals surface area (Å²) < 4.78 is 41.2. The van der Waals surface area contributed by atoms with Gasteiger partial charge in [0.1, 0.15) is 5.82 Å². The third-order valence-corrected chi connectivity index (χ3v) is 6.81. The first-order valence-corrected chi connectivity index (χ1v) is 11.5. The minimum atomic E-state index is -3.52. The highest BCUT2D eigenvalue weighted by molar-refractivity contribution is 7.89. The molecule has 2 N–H and O–H groups in total. The van der Waals surface area contributed by atoms with Crippen molar-refractivity contribution in [1.82, 2.24) is 4.72 Å². The van der Waals surface area contributed by atoms with Crippen LogP contribution in [0.4, 0.5) is 10.1 Å². The van der Waals surface area contributed by atoms with Gasteiger partial charge in [0.2, 0.25) is 15.9 Å². The van der Waals surface area contributed by atoms with Gasteiger partial charge in [-0.1, -0.05) is 37.5 Å². The molecule has 0 unspecified atom stereocenters. The molecule has 0 saturated heterocycles. The van der Waals surface area contributed by atoms with Crippen LogP contribution in [0.5, 0.6) is 0 Å². The minimum Gasteiger partial charge on any atom is -0.326 e. The molecular weight excluding hydrogens is 391 g/mol. The lowest BCUT2D eigenvalue weighted by Gasteiger charge is -2.22. The fraction of sp³-hybridized carbons (Fsp3) is 0.409. The predicted octanol–water partition coefficient (Wildman–Crippen LogP) is 4.32. The summed E-state index contributed by atoms with van der Waals surface area (Å²) in [4.78, 5) is 12.4. The van der Waals surface area contributed by atoms with E-state index in [1.807, 2.05) is 0 Å². The average Bonchev–Trinajstić information content (AvgIpc) is 2.70. The SMILES string of the molecule is Cc1ccc(F)cc1NC(=O)CCc1ccc(S(=O)(=O)NC2CCCCC2)cc1. The molecule has 29 heavy (non-hydrogen) atoms. The van der Waals surface area contributed by atoms with Crippen molar-refractivity contribution in [3.8, 4) is 0 Å². The first kappa shape index (κ1) is 21.5. The number of aryl methyl sites for hydroxylation is 2. The van der Waals surface area contributed by atoms with E-state index >= 15 is 0 Å². The Bertz CT molecular complexity index is 953. The summed E-state index contributed by atoms with van der Waals surface area (Å²) in [6.45, 7) is 1.80. The van der Waals surface area contributed by atoms with Crippen LogP contribution in [-0.4, -0.2) is 20.4 Å². The third-order valence-electron chi connectivity index (χ3n) is 5.28. The third kappa shape index (κ3) is 6.11. The van der Waals surface area contributed by atoms with Crippen molar-refractivity contribution < 1.29 is 17.6 Å². The van der Waals surface area contributed by atoms with Crippen LogP contribution >= 0.6 is 0 Å². The van der Waals surface area contributed by atoms with Gasteiger partial charge < -0.3 is 5.32 Å². The topological polar surface area (TPSA) is 75.3 Å². The number of hydrogen-bond acceptors (Lipinski definition) is 3. The van der Waals surface area contributed by atoms with Crippen molar-refractivity contribution in [2.75, 3.05) is 5.32 Å². The molecule has 0 aliphatic heterocycles. The second-order valence-corrected chi connectivity index (χ2v) is 9.32. The van der Waals surface area contributed by atoms with Gasteiger partial charge in [0.25, 0.3) is 0 Å². The molecule has 1 fully saturated rings. The van der Waals surface area contributed by atoms with E-state index in [-0.39, 0.29) is 23.3 Å². The summed E-state index contributed by atoms with van der Waals surface area (Å²) in [5, 5.41) is 2.72. The Balaban J connectivity index is 1.54. The number of carbonyl (C=O) groups is 1. The number of rotatable bonds is 7. The van der Waals surface area contributed by atoms with Crippen molar-refractivity contribution in [2.45, 2.75) is 62.8 Å². The second kappa shape index (κ2) is 9.50. The quantitative estimate of drug-likeness (QED) is 0.703. The van der Waals surface area contributed by atoms with E-state index in [4.69, 9.17) is 0 Å². The summed E-state index contributed by atoms with van der Waals surface area (Å²) in [7, 11) is -3.52. The van der Waals surface area contributed by atoms with Crippen LogP contribution in [0.3, 0.4) is 0 Å². The monoisotopic (exact) mass is 418 g/mol. The number of amides is 1. The Morgan fingerprint density at radius 3 is 2.45 bits per heavy atom. The molecule has 0 heterocycles. The van der Waals surface area contributed by atoms with Crippen molar-refractivity contribution in [2.24, 2.45) is 0 Å². The van der Waals surface area contributed by atoms with Gasteiger partial charge in [-0.3, -0.25) is 4.79 Å². The Morgan fingerprint density at radius 1 is 1.07 bits per heavy atom. The summed E-state index contributed by atoms with van der Waals surface area (Å²) in [6, 6.07) is 10.9. The summed E-state index contributed by atoms with van der Waals surface area (Å²) in [5.41, 5.74) is 2.12. The smallest absolute Gasteiger partial charge is 0.240 e. The van der Waals surface area contributed by atoms with E-state index in [0.29, 0.717) is 12.1 Å². The molecule has 1 aliphatic carbocycles. The van der Waals surface area contributed by atoms with Gasteiger partial charge in [0, 0.05) is 18.2 Å². The van der Waals surface area contributed by atoms with E-state index < -0.39 is 15.8 Å². The van der Waals surface area contributed by atoms with E-state index in [2.05, 4.69) is 10.0 Å². The highest BCUT2D eigenvalue weighted by atomic mass is 32.2. The molecule has 1 saturated carbocycles. The van der Waals surface area contributed by atoms with Gasteiger partial charge in [-0.2, -0.15) is 0 Å². The average molecular weight is 419 g/mol. The van der Waals surface area contributed by atoms with Gasteiger partial charge in [0.15, 0.2) is 0 Å². The van der Waals surface area contributed by atoms with Crippen LogP contribution < -0.4 is 10.0 Å². The highest BCUT2D eigenvalue weighted by Crippen LogP contribution is 2.21. The second-order valence-electron chi connectivity index (χ2n) is 7.61. The largest absolute Gasteiger partial charge is 0.326 e. The maximum atomic E-state index is 13.3. The molecule has 0 spiro atoms. The number of benzene rings is 2. The van der Waals surface area contributed by atoms with Crippen molar-refractivity contribution in [3.05, 3.63) is 59.4 Å². The Kier molecular flexibility index (Phi) is 7.03. The summed E-state index contributed by atoms with van der Waals surface area (Å²) in [6.07, 6.45) is 5.75. The lowest BCUT2D eigenvalue weighted by molar-refractivity contribution is -0.116. The van der Waals surface area contributed by atoms with E-state index in [1.54, 1.807) is 37.3 Å². The number of anilines is 1. The molecule has 1 amide bonds. The molecule has 2 aromatic carbocycles. The van der Waals surface area contributed by atoms with Gasteiger partial charge >= 0.3 is 0 Å². The molecule has 3 rings (SSSR count). The van der Waals surface area contributed by atoms with Crippen molar-refractivity contribution in [1.29, 1.82) is 0 Å². The Hall–Kier alpha value is -2.25. The van der Waals surface area contributed by atoms with Crippen molar-refractivity contribution >= 4 is 21.6 Å². The van der Waals surface area contributed by atoms with E-state index in [0.717, 1.165) is 36.8 Å². The van der Waals surface area contributed by atoms with E-state index in [9.17, 15) is 17.6 Å². The number of halogens is 1. The van der Waals surface area contributed by atoms with Crippen LogP contribution in [0, 0.1) is 12.7 Å². The maximum absolute atomic E-state index is 13.3. The minimum absolute atomic E-state index is 0.0170. The van der Waals surface area contributed by atoms with Crippen LogP contribution in [0.15, 0.2) is 47.4 Å². The molecule has 7 heteroatoms. The van der Waals surface area contributed by atoms with E-state index in [1.165, 1.54) is 18.6 Å². The molecule has 0 radical (unpaired) electrons. The van der Waals surface area contributed by atoms with Crippen LogP contribution in [0.2, 0.25) is 0 Å². The molecular formula is C22H27FN2O3S. The number of carbonyl (C=O) groups excluding carboxylic acids is 1. The lowest BCUT2D eigenvalue weighted by Crippen LogP contribution is -2.36. The number of hydrogen-bond donors (Lipinski definition) is 2. The first-order chi connectivity index (χ1) is 13.8.